The van der Waals surface area contributed by atoms with Gasteiger partial charge in [-0.2, -0.15) is 0 Å². The van der Waals surface area contributed by atoms with Gasteiger partial charge in [-0.1, -0.05) is 30.3 Å². The van der Waals surface area contributed by atoms with Crippen molar-refractivity contribution in [1.82, 2.24) is 5.32 Å². The summed E-state index contributed by atoms with van der Waals surface area (Å²) in [6.45, 7) is 3.91. The van der Waals surface area contributed by atoms with E-state index < -0.39 is 0 Å². The molecule has 0 bridgehead atoms. The predicted molar refractivity (Wildman–Crippen MR) is 79.5 cm³/mol. The van der Waals surface area contributed by atoms with Gasteiger partial charge in [-0.3, -0.25) is 5.32 Å². The van der Waals surface area contributed by atoms with Crippen molar-refractivity contribution in [3.05, 3.63) is 35.9 Å². The van der Waals surface area contributed by atoms with Crippen LogP contribution >= 0.6 is 0 Å². The molecule has 110 valence electrons. The highest BCUT2D eigenvalue weighted by atomic mass is 16.5. The molecule has 0 saturated carbocycles. The van der Waals surface area contributed by atoms with Crippen LogP contribution in [0.3, 0.4) is 0 Å². The second-order valence-electron chi connectivity index (χ2n) is 5.91. The molecule has 2 aliphatic rings. The van der Waals surface area contributed by atoms with Crippen LogP contribution in [0.5, 0.6) is 0 Å². The van der Waals surface area contributed by atoms with Crippen LogP contribution in [0.2, 0.25) is 0 Å². The molecule has 1 unspecified atom stereocenters. The third kappa shape index (κ3) is 3.05. The van der Waals surface area contributed by atoms with Gasteiger partial charge in [0.1, 0.15) is 5.72 Å². The van der Waals surface area contributed by atoms with Crippen molar-refractivity contribution in [2.45, 2.75) is 57.0 Å². The van der Waals surface area contributed by atoms with Crippen LogP contribution in [0.4, 0.5) is 0 Å². The lowest BCUT2D eigenvalue weighted by Gasteiger charge is -2.47. The number of rotatable bonds is 3. The van der Waals surface area contributed by atoms with Crippen molar-refractivity contribution in [3.8, 4) is 0 Å². The average molecular weight is 275 g/mol. The topological polar surface area (TPSA) is 30.5 Å². The molecule has 3 atom stereocenters. The molecule has 2 saturated heterocycles. The van der Waals surface area contributed by atoms with Crippen LogP contribution in [0, 0.1) is 0 Å². The van der Waals surface area contributed by atoms with Gasteiger partial charge in [0.15, 0.2) is 0 Å². The highest BCUT2D eigenvalue weighted by Gasteiger charge is 2.42. The highest BCUT2D eigenvalue weighted by Crippen LogP contribution is 2.40. The Labute approximate surface area is 121 Å². The van der Waals surface area contributed by atoms with Gasteiger partial charge in [0.25, 0.3) is 0 Å². The van der Waals surface area contributed by atoms with Crippen molar-refractivity contribution in [2.75, 3.05) is 13.2 Å². The van der Waals surface area contributed by atoms with Crippen molar-refractivity contribution in [3.63, 3.8) is 0 Å². The van der Waals surface area contributed by atoms with E-state index in [4.69, 9.17) is 9.47 Å². The van der Waals surface area contributed by atoms with Crippen LogP contribution < -0.4 is 5.32 Å². The molecule has 2 fully saturated rings. The lowest BCUT2D eigenvalue weighted by Crippen LogP contribution is -2.56. The first-order chi connectivity index (χ1) is 9.81. The molecule has 1 aromatic rings. The molecule has 0 aliphatic carbocycles. The number of ether oxygens (including phenoxy) is 2. The van der Waals surface area contributed by atoms with Crippen LogP contribution in [0.1, 0.15) is 50.7 Å². The third-order valence-corrected chi connectivity index (χ3v) is 4.43. The minimum absolute atomic E-state index is 0.145. The number of benzene rings is 1. The molecule has 20 heavy (non-hydrogen) atoms. The summed E-state index contributed by atoms with van der Waals surface area (Å²) in [4.78, 5) is 0. The van der Waals surface area contributed by atoms with E-state index in [1.807, 2.05) is 0 Å². The molecule has 1 N–H and O–H groups in total. The van der Waals surface area contributed by atoms with E-state index in [9.17, 15) is 0 Å². The highest BCUT2D eigenvalue weighted by molar-refractivity contribution is 5.18. The van der Waals surface area contributed by atoms with Gasteiger partial charge in [0, 0.05) is 19.4 Å². The van der Waals surface area contributed by atoms with E-state index >= 15 is 0 Å². The predicted octanol–water partition coefficient (Wildman–Crippen LogP) is 3.41. The fourth-order valence-corrected chi connectivity index (χ4v) is 3.51. The van der Waals surface area contributed by atoms with Crippen molar-refractivity contribution >= 4 is 0 Å². The van der Waals surface area contributed by atoms with Gasteiger partial charge in [-0.05, 0) is 38.3 Å². The smallest absolute Gasteiger partial charge is 0.122 e. The standard InChI is InChI=1S/C17H25NO2/c1-2-19-15-12-16(14-8-4-3-5-9-14)20-17(13-15)10-6-7-11-18-17/h3-5,8-9,15-16,18H,2,6-7,10-13H2,1H3/t15-,16-,17?/m0/s1. The Morgan fingerprint density at radius 2 is 2.15 bits per heavy atom. The third-order valence-electron chi connectivity index (χ3n) is 4.43. The Bertz CT molecular complexity index is 414. The van der Waals surface area contributed by atoms with Gasteiger partial charge in [0.2, 0.25) is 0 Å². The molecule has 3 nitrogen and oxygen atoms in total. The zero-order valence-corrected chi connectivity index (χ0v) is 12.3. The molecule has 1 aromatic carbocycles. The van der Waals surface area contributed by atoms with Gasteiger partial charge in [0.05, 0.1) is 12.2 Å². The summed E-state index contributed by atoms with van der Waals surface area (Å²) >= 11 is 0. The second kappa shape index (κ2) is 6.25. The van der Waals surface area contributed by atoms with Gasteiger partial charge >= 0.3 is 0 Å². The van der Waals surface area contributed by atoms with Crippen LogP contribution in [-0.4, -0.2) is 25.0 Å². The Balaban J connectivity index is 1.79. The van der Waals surface area contributed by atoms with Crippen molar-refractivity contribution in [1.29, 1.82) is 0 Å². The maximum atomic E-state index is 6.49. The summed E-state index contributed by atoms with van der Waals surface area (Å²) in [5.41, 5.74) is 1.10. The maximum absolute atomic E-state index is 6.49. The summed E-state index contributed by atoms with van der Waals surface area (Å²) in [6, 6.07) is 10.6. The number of piperidine rings is 1. The first kappa shape index (κ1) is 14.1. The summed E-state index contributed by atoms with van der Waals surface area (Å²) in [6.07, 6.45) is 5.97. The van der Waals surface area contributed by atoms with Crippen LogP contribution in [-0.2, 0) is 9.47 Å². The fourth-order valence-electron chi connectivity index (χ4n) is 3.51. The van der Waals surface area contributed by atoms with Gasteiger partial charge in [-0.15, -0.1) is 0 Å². The monoisotopic (exact) mass is 275 g/mol. The molecule has 0 aromatic heterocycles. The van der Waals surface area contributed by atoms with E-state index in [-0.39, 0.29) is 11.8 Å². The fraction of sp³-hybridized carbons (Fsp3) is 0.647. The molecular formula is C17H25NO2. The lowest BCUT2D eigenvalue weighted by atomic mass is 9.87. The first-order valence-electron chi connectivity index (χ1n) is 7.91. The molecule has 0 radical (unpaired) electrons. The first-order valence-corrected chi connectivity index (χ1v) is 7.91. The Morgan fingerprint density at radius 3 is 2.85 bits per heavy atom. The molecule has 3 rings (SSSR count). The summed E-state index contributed by atoms with van der Waals surface area (Å²) in [5.74, 6) is 0. The molecule has 0 amide bonds. The minimum atomic E-state index is -0.170. The summed E-state index contributed by atoms with van der Waals surface area (Å²) in [7, 11) is 0. The van der Waals surface area contributed by atoms with E-state index in [0.717, 1.165) is 32.4 Å². The number of hydrogen-bond donors (Lipinski definition) is 1. The molecular weight excluding hydrogens is 250 g/mol. The van der Waals surface area contributed by atoms with Gasteiger partial charge in [-0.25, -0.2) is 0 Å². The zero-order chi connectivity index (χ0) is 13.8. The van der Waals surface area contributed by atoms with Crippen molar-refractivity contribution < 1.29 is 9.47 Å². The minimum Gasteiger partial charge on any atom is -0.378 e. The van der Waals surface area contributed by atoms with Crippen LogP contribution in [0.15, 0.2) is 30.3 Å². The molecule has 2 aliphatic heterocycles. The van der Waals surface area contributed by atoms with Gasteiger partial charge < -0.3 is 9.47 Å². The van der Waals surface area contributed by atoms with E-state index in [2.05, 4.69) is 42.6 Å². The molecule has 1 spiro atoms. The maximum Gasteiger partial charge on any atom is 0.122 e. The molecule has 2 heterocycles. The lowest BCUT2D eigenvalue weighted by molar-refractivity contribution is -0.199. The van der Waals surface area contributed by atoms with Crippen LogP contribution in [0.25, 0.3) is 0 Å². The van der Waals surface area contributed by atoms with Crippen molar-refractivity contribution in [2.24, 2.45) is 0 Å². The molecule has 3 heteroatoms. The SMILES string of the molecule is CCO[C@H]1C[C@@H](c2ccccc2)OC2(CCCCN2)C1. The Hall–Kier alpha value is -0.900. The van der Waals surface area contributed by atoms with E-state index in [0.29, 0.717) is 6.10 Å². The quantitative estimate of drug-likeness (QED) is 0.917. The normalized spacial score (nSPS) is 34.2. The average Bonchev–Trinajstić information content (AvgIpc) is 2.49. The summed E-state index contributed by atoms with van der Waals surface area (Å²) in [5, 5.41) is 3.62. The van der Waals surface area contributed by atoms with E-state index in [1.165, 1.54) is 18.4 Å². The second-order valence-corrected chi connectivity index (χ2v) is 5.91. The zero-order valence-electron chi connectivity index (χ0n) is 12.3. The Kier molecular flexibility index (Phi) is 4.39. The van der Waals surface area contributed by atoms with E-state index in [1.54, 1.807) is 0 Å². The largest absolute Gasteiger partial charge is 0.378 e. The Morgan fingerprint density at radius 1 is 1.30 bits per heavy atom. The summed E-state index contributed by atoms with van der Waals surface area (Å²) < 4.78 is 12.4. The number of hydrogen-bond acceptors (Lipinski definition) is 3. The number of nitrogens with one attached hydrogen (secondary N) is 1.